The topological polar surface area (TPSA) is 15.3 Å². The summed E-state index contributed by atoms with van der Waals surface area (Å²) in [5, 5.41) is 3.43. The molecule has 2 heterocycles. The number of nitrogens with zero attached hydrogens (tertiary/aromatic N) is 1. The number of hydrogen-bond donors (Lipinski definition) is 1. The van der Waals surface area contributed by atoms with Crippen LogP contribution in [0.15, 0.2) is 11.1 Å². The van der Waals surface area contributed by atoms with Crippen LogP contribution in [-0.2, 0) is 0 Å². The summed E-state index contributed by atoms with van der Waals surface area (Å²) in [4.78, 5) is 2.71. The number of hydrogen-bond acceptors (Lipinski definition) is 2. The van der Waals surface area contributed by atoms with Crippen LogP contribution in [0.2, 0.25) is 0 Å². The second kappa shape index (κ2) is 3.10. The maximum atomic E-state index is 3.43. The molecule has 0 aromatic carbocycles. The summed E-state index contributed by atoms with van der Waals surface area (Å²) >= 11 is 0. The van der Waals surface area contributed by atoms with Gasteiger partial charge in [0.15, 0.2) is 0 Å². The third kappa shape index (κ3) is 1.32. The van der Waals surface area contributed by atoms with E-state index in [0.29, 0.717) is 0 Å². The molecular weight excluding hydrogens is 160 g/mol. The highest BCUT2D eigenvalue weighted by atomic mass is 15.2. The Labute approximate surface area is 80.0 Å². The van der Waals surface area contributed by atoms with Gasteiger partial charge in [0.05, 0.1) is 0 Å². The molecule has 1 N–H and O–H groups in total. The van der Waals surface area contributed by atoms with Crippen LogP contribution >= 0.6 is 0 Å². The standard InChI is InChI=1S/C11H18N2/c1-2-4-11(3-1)13-7-9-5-12-6-10(9)8-13/h11-12H,1-8H2. The van der Waals surface area contributed by atoms with Crippen molar-refractivity contribution < 1.29 is 0 Å². The molecular formula is C11H18N2. The molecule has 72 valence electrons. The molecule has 1 aliphatic carbocycles. The van der Waals surface area contributed by atoms with E-state index in [1.165, 1.54) is 51.9 Å². The number of rotatable bonds is 1. The molecule has 0 spiro atoms. The largest absolute Gasteiger partial charge is 0.309 e. The lowest BCUT2D eigenvalue weighted by Gasteiger charge is -2.24. The van der Waals surface area contributed by atoms with Crippen molar-refractivity contribution in [3.63, 3.8) is 0 Å². The van der Waals surface area contributed by atoms with E-state index >= 15 is 0 Å². The van der Waals surface area contributed by atoms with Crippen LogP contribution in [0.3, 0.4) is 0 Å². The minimum Gasteiger partial charge on any atom is -0.309 e. The molecule has 1 saturated carbocycles. The summed E-state index contributed by atoms with van der Waals surface area (Å²) in [6, 6.07) is 0.922. The lowest BCUT2D eigenvalue weighted by atomic mass is 10.2. The Morgan fingerprint density at radius 3 is 2.23 bits per heavy atom. The van der Waals surface area contributed by atoms with Crippen LogP contribution in [0.4, 0.5) is 0 Å². The Morgan fingerprint density at radius 2 is 1.62 bits per heavy atom. The average molecular weight is 178 g/mol. The van der Waals surface area contributed by atoms with Gasteiger partial charge in [-0.15, -0.1) is 0 Å². The van der Waals surface area contributed by atoms with Crippen molar-refractivity contribution in [3.05, 3.63) is 11.1 Å². The van der Waals surface area contributed by atoms with Gasteiger partial charge in [-0.2, -0.15) is 0 Å². The Balaban J connectivity index is 1.65. The maximum Gasteiger partial charge on any atom is 0.0215 e. The molecule has 0 aromatic rings. The third-order valence-corrected chi connectivity index (χ3v) is 3.81. The summed E-state index contributed by atoms with van der Waals surface area (Å²) in [7, 11) is 0. The first kappa shape index (κ1) is 8.01. The highest BCUT2D eigenvalue weighted by molar-refractivity contribution is 5.30. The van der Waals surface area contributed by atoms with E-state index in [9.17, 15) is 0 Å². The summed E-state index contributed by atoms with van der Waals surface area (Å²) in [5.74, 6) is 0. The Kier molecular flexibility index (Phi) is 1.91. The molecule has 1 fully saturated rings. The number of nitrogens with one attached hydrogen (secondary N) is 1. The van der Waals surface area contributed by atoms with Crippen molar-refractivity contribution in [3.8, 4) is 0 Å². The van der Waals surface area contributed by atoms with Crippen molar-refractivity contribution in [1.82, 2.24) is 10.2 Å². The van der Waals surface area contributed by atoms with E-state index in [0.717, 1.165) is 6.04 Å². The van der Waals surface area contributed by atoms with Gasteiger partial charge < -0.3 is 5.32 Å². The normalized spacial score (nSPS) is 30.5. The predicted octanol–water partition coefficient (Wildman–Crippen LogP) is 1.14. The molecule has 2 nitrogen and oxygen atoms in total. The summed E-state index contributed by atoms with van der Waals surface area (Å²) in [6.07, 6.45) is 5.83. The van der Waals surface area contributed by atoms with Crippen LogP contribution in [-0.4, -0.2) is 37.1 Å². The van der Waals surface area contributed by atoms with Gasteiger partial charge in [0.2, 0.25) is 0 Å². The van der Waals surface area contributed by atoms with E-state index in [4.69, 9.17) is 0 Å². The first-order valence-corrected chi connectivity index (χ1v) is 5.58. The highest BCUT2D eigenvalue weighted by Crippen LogP contribution is 2.29. The van der Waals surface area contributed by atoms with Crippen molar-refractivity contribution in [1.29, 1.82) is 0 Å². The van der Waals surface area contributed by atoms with E-state index in [1.54, 1.807) is 11.1 Å². The van der Waals surface area contributed by atoms with Gasteiger partial charge in [0, 0.05) is 32.2 Å². The average Bonchev–Trinajstić information content (AvgIpc) is 2.78. The zero-order valence-electron chi connectivity index (χ0n) is 8.18. The fourth-order valence-corrected chi connectivity index (χ4v) is 3.02. The van der Waals surface area contributed by atoms with Crippen molar-refractivity contribution >= 4 is 0 Å². The summed E-state index contributed by atoms with van der Waals surface area (Å²) in [6.45, 7) is 4.87. The Bertz CT molecular complexity index is 222. The van der Waals surface area contributed by atoms with E-state index < -0.39 is 0 Å². The summed E-state index contributed by atoms with van der Waals surface area (Å²) in [5.41, 5.74) is 3.40. The second-order valence-electron chi connectivity index (χ2n) is 4.65. The molecule has 0 unspecified atom stereocenters. The van der Waals surface area contributed by atoms with Crippen molar-refractivity contribution in [2.45, 2.75) is 31.7 Å². The van der Waals surface area contributed by atoms with Crippen molar-refractivity contribution in [2.24, 2.45) is 0 Å². The quantitative estimate of drug-likeness (QED) is 0.606. The van der Waals surface area contributed by atoms with Crippen LogP contribution in [0.25, 0.3) is 0 Å². The van der Waals surface area contributed by atoms with Crippen LogP contribution in [0, 0.1) is 0 Å². The van der Waals surface area contributed by atoms with Gasteiger partial charge in [0.1, 0.15) is 0 Å². The third-order valence-electron chi connectivity index (χ3n) is 3.81. The summed E-state index contributed by atoms with van der Waals surface area (Å²) < 4.78 is 0. The molecule has 0 saturated heterocycles. The minimum atomic E-state index is 0.922. The fourth-order valence-electron chi connectivity index (χ4n) is 3.02. The SMILES string of the molecule is C1CCC(N2CC3=C(CNC3)C2)C1. The molecule has 0 amide bonds. The minimum absolute atomic E-state index is 0.922. The van der Waals surface area contributed by atoms with E-state index in [1.807, 2.05) is 0 Å². The van der Waals surface area contributed by atoms with Crippen molar-refractivity contribution in [2.75, 3.05) is 26.2 Å². The lowest BCUT2D eigenvalue weighted by molar-refractivity contribution is 0.247. The molecule has 2 heteroatoms. The van der Waals surface area contributed by atoms with Gasteiger partial charge in [-0.05, 0) is 24.0 Å². The molecule has 13 heavy (non-hydrogen) atoms. The highest BCUT2D eigenvalue weighted by Gasteiger charge is 2.30. The molecule has 0 bridgehead atoms. The molecule has 0 atom stereocenters. The lowest BCUT2D eigenvalue weighted by Crippen LogP contribution is -2.34. The smallest absolute Gasteiger partial charge is 0.0215 e. The molecule has 0 radical (unpaired) electrons. The first-order valence-electron chi connectivity index (χ1n) is 5.58. The molecule has 3 aliphatic rings. The Morgan fingerprint density at radius 1 is 1.00 bits per heavy atom. The zero-order valence-corrected chi connectivity index (χ0v) is 8.18. The van der Waals surface area contributed by atoms with Crippen LogP contribution < -0.4 is 5.32 Å². The van der Waals surface area contributed by atoms with Gasteiger partial charge in [-0.25, -0.2) is 0 Å². The van der Waals surface area contributed by atoms with E-state index in [-0.39, 0.29) is 0 Å². The molecule has 0 aromatic heterocycles. The maximum absolute atomic E-state index is 3.43. The van der Waals surface area contributed by atoms with Gasteiger partial charge in [-0.1, -0.05) is 12.8 Å². The van der Waals surface area contributed by atoms with Gasteiger partial charge >= 0.3 is 0 Å². The van der Waals surface area contributed by atoms with Gasteiger partial charge in [0.25, 0.3) is 0 Å². The molecule has 3 rings (SSSR count). The molecule has 2 aliphatic heterocycles. The predicted molar refractivity (Wildman–Crippen MR) is 53.7 cm³/mol. The van der Waals surface area contributed by atoms with E-state index in [2.05, 4.69) is 10.2 Å². The van der Waals surface area contributed by atoms with Crippen LogP contribution in [0.5, 0.6) is 0 Å². The van der Waals surface area contributed by atoms with Gasteiger partial charge in [-0.3, -0.25) is 4.90 Å². The fraction of sp³-hybridized carbons (Fsp3) is 0.818. The Hall–Kier alpha value is -0.340. The first-order chi connectivity index (χ1) is 6.43. The van der Waals surface area contributed by atoms with Crippen LogP contribution in [0.1, 0.15) is 25.7 Å². The zero-order chi connectivity index (χ0) is 8.67. The monoisotopic (exact) mass is 178 g/mol. The second-order valence-corrected chi connectivity index (χ2v) is 4.65.